The van der Waals surface area contributed by atoms with Crippen molar-refractivity contribution in [3.8, 4) is 0 Å². The maximum atomic E-state index is 11.7. The smallest absolute Gasteiger partial charge is 0.309 e. The monoisotopic (exact) mass is 426 g/mol. The molecule has 1 heterocycles. The first kappa shape index (κ1) is 20.9. The van der Waals surface area contributed by atoms with Gasteiger partial charge in [0.15, 0.2) is 5.96 Å². The van der Waals surface area contributed by atoms with Crippen LogP contribution in [0, 0.1) is 5.92 Å². The summed E-state index contributed by atoms with van der Waals surface area (Å²) in [6.45, 7) is 3.94. The van der Waals surface area contributed by atoms with E-state index in [1.54, 1.807) is 21.1 Å². The van der Waals surface area contributed by atoms with Gasteiger partial charge in [0.2, 0.25) is 5.91 Å². The summed E-state index contributed by atoms with van der Waals surface area (Å²) in [7, 11) is 5.13. The Bertz CT molecular complexity index is 394. The first-order valence-electron chi connectivity index (χ1n) is 7.32. The molecule has 0 atom stereocenters. The minimum Gasteiger partial charge on any atom is -0.466 e. The van der Waals surface area contributed by atoms with Gasteiger partial charge in [-0.1, -0.05) is 0 Å². The molecule has 1 aliphatic rings. The number of hydrogen-bond acceptors (Lipinski definition) is 4. The molecule has 1 aliphatic heterocycles. The van der Waals surface area contributed by atoms with Crippen LogP contribution in [-0.2, 0) is 14.3 Å². The number of esters is 1. The number of likely N-dealkylation sites (tertiary alicyclic amines) is 1. The number of nitrogens with zero attached hydrogens (tertiary/aromatic N) is 3. The molecule has 0 aliphatic carbocycles. The molecular formula is C14H27IN4O3. The van der Waals surface area contributed by atoms with E-state index in [0.717, 1.165) is 25.9 Å². The zero-order chi connectivity index (χ0) is 15.8. The highest BCUT2D eigenvalue weighted by molar-refractivity contribution is 14.0. The zero-order valence-electron chi connectivity index (χ0n) is 13.8. The molecule has 0 aromatic heterocycles. The molecule has 1 N–H and O–H groups in total. The van der Waals surface area contributed by atoms with E-state index in [4.69, 9.17) is 4.74 Å². The van der Waals surface area contributed by atoms with Crippen LogP contribution in [0.3, 0.4) is 0 Å². The summed E-state index contributed by atoms with van der Waals surface area (Å²) < 4.78 is 5.06. The number of carbonyl (C=O) groups is 2. The molecule has 0 saturated carbocycles. The molecule has 22 heavy (non-hydrogen) atoms. The van der Waals surface area contributed by atoms with Crippen molar-refractivity contribution in [3.63, 3.8) is 0 Å². The number of nitrogens with one attached hydrogen (secondary N) is 1. The lowest BCUT2D eigenvalue weighted by Gasteiger charge is -2.33. The van der Waals surface area contributed by atoms with Gasteiger partial charge in [0, 0.05) is 34.2 Å². The summed E-state index contributed by atoms with van der Waals surface area (Å²) in [5.41, 5.74) is 0. The van der Waals surface area contributed by atoms with Crippen LogP contribution < -0.4 is 5.32 Å². The van der Waals surface area contributed by atoms with Crippen LogP contribution in [0.4, 0.5) is 0 Å². The third kappa shape index (κ3) is 6.37. The number of carbonyl (C=O) groups excluding carboxylic acids is 2. The lowest BCUT2D eigenvalue weighted by molar-refractivity contribution is -0.149. The van der Waals surface area contributed by atoms with Gasteiger partial charge in [-0.2, -0.15) is 0 Å². The van der Waals surface area contributed by atoms with E-state index in [-0.39, 0.29) is 48.3 Å². The number of amides is 1. The van der Waals surface area contributed by atoms with E-state index in [2.05, 4.69) is 15.2 Å². The van der Waals surface area contributed by atoms with E-state index in [1.807, 2.05) is 6.92 Å². The third-order valence-electron chi connectivity index (χ3n) is 3.52. The van der Waals surface area contributed by atoms with E-state index < -0.39 is 0 Å². The van der Waals surface area contributed by atoms with Crippen molar-refractivity contribution in [2.75, 3.05) is 47.4 Å². The average Bonchev–Trinajstić information content (AvgIpc) is 2.48. The van der Waals surface area contributed by atoms with Crippen molar-refractivity contribution in [1.29, 1.82) is 0 Å². The largest absolute Gasteiger partial charge is 0.466 e. The second kappa shape index (κ2) is 10.6. The second-order valence-corrected chi connectivity index (χ2v) is 5.20. The van der Waals surface area contributed by atoms with Crippen LogP contribution in [0.25, 0.3) is 0 Å². The Kier molecular flexibility index (Phi) is 10.1. The van der Waals surface area contributed by atoms with Crippen LogP contribution in [0.1, 0.15) is 19.8 Å². The summed E-state index contributed by atoms with van der Waals surface area (Å²) in [5, 5.41) is 3.06. The first-order chi connectivity index (χ1) is 9.99. The summed E-state index contributed by atoms with van der Waals surface area (Å²) in [6, 6.07) is 0. The van der Waals surface area contributed by atoms with Gasteiger partial charge in [0.1, 0.15) is 0 Å². The van der Waals surface area contributed by atoms with E-state index in [1.165, 1.54) is 4.90 Å². The number of hydrogen-bond donors (Lipinski definition) is 1. The lowest BCUT2D eigenvalue weighted by Crippen LogP contribution is -2.48. The molecule has 1 amide bonds. The Hall–Kier alpha value is -1.06. The quantitative estimate of drug-likeness (QED) is 0.308. The van der Waals surface area contributed by atoms with Crippen molar-refractivity contribution in [2.45, 2.75) is 19.8 Å². The molecule has 1 rings (SSSR count). The fraction of sp³-hybridized carbons (Fsp3) is 0.786. The summed E-state index contributed by atoms with van der Waals surface area (Å²) >= 11 is 0. The van der Waals surface area contributed by atoms with Crippen LogP contribution >= 0.6 is 24.0 Å². The van der Waals surface area contributed by atoms with E-state index >= 15 is 0 Å². The maximum absolute atomic E-state index is 11.7. The molecule has 1 fully saturated rings. The molecule has 0 radical (unpaired) electrons. The molecule has 0 unspecified atom stereocenters. The summed E-state index contributed by atoms with van der Waals surface area (Å²) in [6.07, 6.45) is 1.50. The SMILES string of the molecule is CCOC(=O)C1CCN(C(=NC)NCC(=O)N(C)C)CC1.I. The number of piperidine rings is 1. The van der Waals surface area contributed by atoms with Gasteiger partial charge in [0.05, 0.1) is 19.1 Å². The van der Waals surface area contributed by atoms with Crippen LogP contribution in [0.5, 0.6) is 0 Å². The Morgan fingerprint density at radius 1 is 1.32 bits per heavy atom. The maximum Gasteiger partial charge on any atom is 0.309 e. The van der Waals surface area contributed by atoms with E-state index in [0.29, 0.717) is 12.6 Å². The molecule has 128 valence electrons. The number of ether oxygens (including phenoxy) is 1. The van der Waals surface area contributed by atoms with Crippen molar-refractivity contribution < 1.29 is 14.3 Å². The average molecular weight is 426 g/mol. The predicted molar refractivity (Wildman–Crippen MR) is 96.4 cm³/mol. The van der Waals surface area contributed by atoms with Crippen molar-refractivity contribution in [1.82, 2.24) is 15.1 Å². The number of guanidine groups is 1. The minimum absolute atomic E-state index is 0. The molecule has 7 nitrogen and oxygen atoms in total. The van der Waals surface area contributed by atoms with Crippen LogP contribution in [0.15, 0.2) is 4.99 Å². The van der Waals surface area contributed by atoms with Crippen LogP contribution in [0.2, 0.25) is 0 Å². The van der Waals surface area contributed by atoms with Gasteiger partial charge in [-0.3, -0.25) is 14.6 Å². The topological polar surface area (TPSA) is 74.2 Å². The van der Waals surface area contributed by atoms with Crippen molar-refractivity contribution in [2.24, 2.45) is 10.9 Å². The third-order valence-corrected chi connectivity index (χ3v) is 3.52. The second-order valence-electron chi connectivity index (χ2n) is 5.20. The standard InChI is InChI=1S/C14H26N4O3.HI/c1-5-21-13(20)11-6-8-18(9-7-11)14(15-2)16-10-12(19)17(3)4;/h11H,5-10H2,1-4H3,(H,15,16);1H. The normalized spacial score (nSPS) is 15.8. The van der Waals surface area contributed by atoms with Gasteiger partial charge < -0.3 is 19.9 Å². The van der Waals surface area contributed by atoms with Gasteiger partial charge >= 0.3 is 5.97 Å². The molecule has 0 spiro atoms. The predicted octanol–water partition coefficient (Wildman–Crippen LogP) is 0.543. The highest BCUT2D eigenvalue weighted by Crippen LogP contribution is 2.18. The summed E-state index contributed by atoms with van der Waals surface area (Å²) in [5.74, 6) is 0.565. The number of aliphatic imine (C=N–C) groups is 1. The molecule has 8 heteroatoms. The fourth-order valence-corrected chi connectivity index (χ4v) is 2.23. The van der Waals surface area contributed by atoms with Crippen LogP contribution in [-0.4, -0.2) is 75.0 Å². The van der Waals surface area contributed by atoms with Gasteiger partial charge in [-0.15, -0.1) is 24.0 Å². The highest BCUT2D eigenvalue weighted by atomic mass is 127. The molecule has 0 bridgehead atoms. The lowest BCUT2D eigenvalue weighted by atomic mass is 9.97. The number of rotatable bonds is 4. The molecule has 1 saturated heterocycles. The zero-order valence-corrected chi connectivity index (χ0v) is 16.1. The summed E-state index contributed by atoms with van der Waals surface area (Å²) in [4.78, 5) is 31.1. The first-order valence-corrected chi connectivity index (χ1v) is 7.32. The molecule has 0 aromatic carbocycles. The fourth-order valence-electron chi connectivity index (χ4n) is 2.23. The Labute approximate surface area is 149 Å². The highest BCUT2D eigenvalue weighted by Gasteiger charge is 2.27. The number of likely N-dealkylation sites (N-methyl/N-ethyl adjacent to an activating group) is 1. The van der Waals surface area contributed by atoms with Gasteiger partial charge in [-0.05, 0) is 19.8 Å². The minimum atomic E-state index is -0.108. The molecule has 0 aromatic rings. The molecular weight excluding hydrogens is 399 g/mol. The van der Waals surface area contributed by atoms with Gasteiger partial charge in [-0.25, -0.2) is 0 Å². The van der Waals surface area contributed by atoms with Crippen molar-refractivity contribution >= 4 is 41.8 Å². The van der Waals surface area contributed by atoms with Gasteiger partial charge in [0.25, 0.3) is 0 Å². The Morgan fingerprint density at radius 3 is 2.36 bits per heavy atom. The number of halogens is 1. The van der Waals surface area contributed by atoms with E-state index in [9.17, 15) is 9.59 Å². The Morgan fingerprint density at radius 2 is 1.91 bits per heavy atom. The van der Waals surface area contributed by atoms with Crippen molar-refractivity contribution in [3.05, 3.63) is 0 Å². The Balaban J connectivity index is 0.00000441.